The third-order valence-corrected chi connectivity index (χ3v) is 4.24. The first-order chi connectivity index (χ1) is 9.89. The lowest BCUT2D eigenvalue weighted by Gasteiger charge is -2.45. The number of hydrogen-bond donors (Lipinski definition) is 2. The Morgan fingerprint density at radius 1 is 1.24 bits per heavy atom. The molecule has 124 valence electrons. The van der Waals surface area contributed by atoms with Gasteiger partial charge in [0.15, 0.2) is 5.96 Å². The van der Waals surface area contributed by atoms with E-state index in [-0.39, 0.29) is 5.54 Å². The minimum atomic E-state index is 0.127. The average Bonchev–Trinajstić information content (AvgIpc) is 2.41. The molecule has 0 saturated carbocycles. The Balaban J connectivity index is 2.47. The first-order valence-electron chi connectivity index (χ1n) is 8.07. The van der Waals surface area contributed by atoms with Crippen LogP contribution in [0.2, 0.25) is 0 Å². The molecule has 0 aromatic rings. The number of rotatable bonds is 6. The van der Waals surface area contributed by atoms with E-state index < -0.39 is 0 Å². The largest absolute Gasteiger partial charge is 0.383 e. The van der Waals surface area contributed by atoms with E-state index in [2.05, 4.69) is 48.2 Å². The molecule has 1 fully saturated rings. The number of hydrogen-bond acceptors (Lipinski definition) is 3. The predicted octanol–water partition coefficient (Wildman–Crippen LogP) is 1.55. The Morgan fingerprint density at radius 2 is 1.86 bits per heavy atom. The molecule has 5 nitrogen and oxygen atoms in total. The molecule has 5 heteroatoms. The maximum absolute atomic E-state index is 5.05. The van der Waals surface area contributed by atoms with Crippen molar-refractivity contribution in [2.24, 2.45) is 16.8 Å². The number of ether oxygens (including phenoxy) is 1. The number of nitrogens with one attached hydrogen (secondary N) is 2. The summed E-state index contributed by atoms with van der Waals surface area (Å²) in [5.74, 6) is 2.41. The van der Waals surface area contributed by atoms with Gasteiger partial charge >= 0.3 is 0 Å². The summed E-state index contributed by atoms with van der Waals surface area (Å²) in [4.78, 5) is 6.87. The molecule has 21 heavy (non-hydrogen) atoms. The van der Waals surface area contributed by atoms with Gasteiger partial charge in [-0.1, -0.05) is 13.8 Å². The summed E-state index contributed by atoms with van der Waals surface area (Å²) in [6.45, 7) is 14.1. The van der Waals surface area contributed by atoms with Gasteiger partial charge < -0.3 is 15.4 Å². The minimum Gasteiger partial charge on any atom is -0.383 e. The zero-order valence-corrected chi connectivity index (χ0v) is 14.7. The maximum atomic E-state index is 5.05. The summed E-state index contributed by atoms with van der Waals surface area (Å²) in [6.07, 6.45) is 1.35. The summed E-state index contributed by atoms with van der Waals surface area (Å²) in [6, 6.07) is 0. The van der Waals surface area contributed by atoms with Crippen LogP contribution in [0.5, 0.6) is 0 Å². The van der Waals surface area contributed by atoms with E-state index in [0.717, 1.165) is 30.9 Å². The Kier molecular flexibility index (Phi) is 7.46. The molecule has 1 rings (SSSR count). The molecule has 1 saturated heterocycles. The molecule has 1 aliphatic heterocycles. The molecular weight excluding hydrogens is 264 g/mol. The van der Waals surface area contributed by atoms with Crippen LogP contribution in [0, 0.1) is 11.8 Å². The van der Waals surface area contributed by atoms with Crippen LogP contribution in [0.15, 0.2) is 4.99 Å². The van der Waals surface area contributed by atoms with Gasteiger partial charge in [-0.2, -0.15) is 0 Å². The second-order valence-corrected chi connectivity index (χ2v) is 7.01. The van der Waals surface area contributed by atoms with Crippen LogP contribution in [-0.4, -0.2) is 63.3 Å². The van der Waals surface area contributed by atoms with E-state index in [9.17, 15) is 0 Å². The topological polar surface area (TPSA) is 48.9 Å². The highest BCUT2D eigenvalue weighted by atomic mass is 16.5. The Morgan fingerprint density at radius 3 is 2.38 bits per heavy atom. The third-order valence-electron chi connectivity index (χ3n) is 4.24. The van der Waals surface area contributed by atoms with Crippen molar-refractivity contribution in [2.45, 2.75) is 39.7 Å². The highest BCUT2D eigenvalue weighted by molar-refractivity contribution is 5.79. The molecule has 0 aliphatic carbocycles. The molecule has 1 aliphatic rings. The van der Waals surface area contributed by atoms with Crippen LogP contribution in [0.4, 0.5) is 0 Å². The first-order valence-corrected chi connectivity index (χ1v) is 8.07. The Labute approximate surface area is 130 Å². The molecular formula is C16H34N4O. The van der Waals surface area contributed by atoms with E-state index in [1.165, 1.54) is 19.5 Å². The lowest BCUT2D eigenvalue weighted by Crippen LogP contribution is -2.57. The van der Waals surface area contributed by atoms with Crippen molar-refractivity contribution in [1.82, 2.24) is 15.5 Å². The van der Waals surface area contributed by atoms with Crippen molar-refractivity contribution in [1.29, 1.82) is 0 Å². The molecule has 0 radical (unpaired) electrons. The van der Waals surface area contributed by atoms with Crippen molar-refractivity contribution in [3.63, 3.8) is 0 Å². The number of aliphatic imine (C=N–C) groups is 1. The lowest BCUT2D eigenvalue weighted by atomic mass is 9.88. The quantitative estimate of drug-likeness (QED) is 0.444. The van der Waals surface area contributed by atoms with Gasteiger partial charge in [0.05, 0.1) is 6.61 Å². The fourth-order valence-electron chi connectivity index (χ4n) is 3.06. The zero-order valence-electron chi connectivity index (χ0n) is 14.7. The third kappa shape index (κ3) is 6.22. The van der Waals surface area contributed by atoms with E-state index >= 15 is 0 Å². The van der Waals surface area contributed by atoms with Crippen LogP contribution in [0.25, 0.3) is 0 Å². The Hall–Kier alpha value is -0.810. The SMILES string of the molecule is CN=C(NCCOC)NCC(C)(C)N1CC(C)CC(C)C1. The molecule has 2 N–H and O–H groups in total. The smallest absolute Gasteiger partial charge is 0.191 e. The zero-order chi connectivity index (χ0) is 15.9. The van der Waals surface area contributed by atoms with E-state index in [1.54, 1.807) is 14.2 Å². The molecule has 0 spiro atoms. The summed E-state index contributed by atoms with van der Waals surface area (Å²) >= 11 is 0. The van der Waals surface area contributed by atoms with Crippen molar-refractivity contribution < 1.29 is 4.74 Å². The summed E-state index contributed by atoms with van der Waals surface area (Å²) in [7, 11) is 3.51. The molecule has 1 heterocycles. The molecule has 0 aromatic carbocycles. The van der Waals surface area contributed by atoms with Gasteiger partial charge in [0, 0.05) is 45.9 Å². The fraction of sp³-hybridized carbons (Fsp3) is 0.938. The summed E-state index contributed by atoms with van der Waals surface area (Å²) in [5.41, 5.74) is 0.127. The molecule has 0 amide bonds. The monoisotopic (exact) mass is 298 g/mol. The lowest BCUT2D eigenvalue weighted by molar-refractivity contribution is 0.0483. The maximum Gasteiger partial charge on any atom is 0.191 e. The van der Waals surface area contributed by atoms with Crippen molar-refractivity contribution in [3.05, 3.63) is 0 Å². The van der Waals surface area contributed by atoms with Crippen LogP contribution < -0.4 is 10.6 Å². The van der Waals surface area contributed by atoms with Gasteiger partial charge in [-0.15, -0.1) is 0 Å². The normalized spacial score (nSPS) is 25.0. The average molecular weight is 298 g/mol. The second kappa shape index (κ2) is 8.59. The minimum absolute atomic E-state index is 0.127. The molecule has 2 atom stereocenters. The molecule has 2 unspecified atom stereocenters. The van der Waals surface area contributed by atoms with Gasteiger partial charge in [-0.25, -0.2) is 0 Å². The van der Waals surface area contributed by atoms with Crippen molar-refractivity contribution in [3.8, 4) is 0 Å². The molecule has 0 bridgehead atoms. The van der Waals surface area contributed by atoms with Crippen LogP contribution in [0.1, 0.15) is 34.1 Å². The van der Waals surface area contributed by atoms with Gasteiger partial charge in [0.1, 0.15) is 0 Å². The van der Waals surface area contributed by atoms with Gasteiger partial charge in [0.25, 0.3) is 0 Å². The van der Waals surface area contributed by atoms with E-state index in [4.69, 9.17) is 4.74 Å². The highest BCUT2D eigenvalue weighted by Gasteiger charge is 2.32. The van der Waals surface area contributed by atoms with Gasteiger partial charge in [-0.05, 0) is 32.1 Å². The number of piperidine rings is 1. The summed E-state index contributed by atoms with van der Waals surface area (Å²) < 4.78 is 5.05. The van der Waals surface area contributed by atoms with Crippen LogP contribution in [-0.2, 0) is 4.74 Å². The van der Waals surface area contributed by atoms with Gasteiger partial charge in [0.2, 0.25) is 0 Å². The number of methoxy groups -OCH3 is 1. The second-order valence-electron chi connectivity index (χ2n) is 7.01. The Bertz CT molecular complexity index is 320. The molecule has 0 aromatic heterocycles. The number of guanidine groups is 1. The van der Waals surface area contributed by atoms with Crippen LogP contribution >= 0.6 is 0 Å². The summed E-state index contributed by atoms with van der Waals surface area (Å²) in [5, 5.41) is 6.70. The number of nitrogens with zero attached hydrogens (tertiary/aromatic N) is 2. The highest BCUT2D eigenvalue weighted by Crippen LogP contribution is 2.26. The van der Waals surface area contributed by atoms with Crippen LogP contribution in [0.3, 0.4) is 0 Å². The standard InChI is InChI=1S/C16H34N4O/c1-13-9-14(2)11-20(10-13)16(3,4)12-19-15(17-5)18-7-8-21-6/h13-14H,7-12H2,1-6H3,(H2,17,18,19). The van der Waals surface area contributed by atoms with Crippen molar-refractivity contribution in [2.75, 3.05) is 46.9 Å². The van der Waals surface area contributed by atoms with Gasteiger partial charge in [-0.3, -0.25) is 9.89 Å². The van der Waals surface area contributed by atoms with Crippen molar-refractivity contribution >= 4 is 5.96 Å². The fourth-order valence-corrected chi connectivity index (χ4v) is 3.06. The predicted molar refractivity (Wildman–Crippen MR) is 89.8 cm³/mol. The number of likely N-dealkylation sites (tertiary alicyclic amines) is 1. The van der Waals surface area contributed by atoms with E-state index in [1.807, 2.05) is 0 Å². The first kappa shape index (κ1) is 18.2. The van der Waals surface area contributed by atoms with E-state index in [0.29, 0.717) is 6.61 Å².